The van der Waals surface area contributed by atoms with Crippen LogP contribution < -0.4 is 0 Å². The lowest BCUT2D eigenvalue weighted by molar-refractivity contribution is 1.04. The van der Waals surface area contributed by atoms with Gasteiger partial charge < -0.3 is 0 Å². The lowest BCUT2D eigenvalue weighted by Gasteiger charge is -2.08. The first kappa shape index (κ1) is 13.8. The summed E-state index contributed by atoms with van der Waals surface area (Å²) in [6, 6.07) is 9.02. The monoisotopic (exact) mass is 348 g/mol. The van der Waals surface area contributed by atoms with E-state index in [1.54, 1.807) is 18.3 Å². The van der Waals surface area contributed by atoms with Gasteiger partial charge in [0.05, 0.1) is 32.1 Å². The minimum absolute atomic E-state index is 0.284. The Morgan fingerprint density at radius 3 is 2.36 bits per heavy atom. The highest BCUT2D eigenvalue weighted by atomic mass is 35.5. The van der Waals surface area contributed by atoms with E-state index in [1.165, 1.54) is 0 Å². The van der Waals surface area contributed by atoms with Crippen molar-refractivity contribution in [1.29, 1.82) is 0 Å². The standard InChI is InChI=1S/C15H7Cl3N4/c16-8-6-11-12(7-9(8)17)21-15(14(18)20-11)22-5-3-10-13(22)2-1-4-19-10/h1-7H. The number of benzene rings is 1. The molecule has 0 saturated carbocycles. The number of aromatic nitrogens is 4. The van der Waals surface area contributed by atoms with E-state index in [1.807, 2.05) is 29.0 Å². The zero-order chi connectivity index (χ0) is 15.3. The second-order valence-electron chi connectivity index (χ2n) is 4.69. The molecule has 4 nitrogen and oxygen atoms in total. The number of halogens is 3. The van der Waals surface area contributed by atoms with E-state index in [4.69, 9.17) is 34.8 Å². The number of rotatable bonds is 1. The predicted molar refractivity (Wildman–Crippen MR) is 89.2 cm³/mol. The number of pyridine rings is 1. The van der Waals surface area contributed by atoms with Gasteiger partial charge in [-0.05, 0) is 30.3 Å². The zero-order valence-electron chi connectivity index (χ0n) is 11.0. The van der Waals surface area contributed by atoms with Crippen molar-refractivity contribution in [2.75, 3.05) is 0 Å². The van der Waals surface area contributed by atoms with Crippen LogP contribution in [0, 0.1) is 0 Å². The Morgan fingerprint density at radius 2 is 1.59 bits per heavy atom. The SMILES string of the molecule is Clc1cc2nc(Cl)c(-n3ccc4ncccc43)nc2cc1Cl. The number of hydrogen-bond acceptors (Lipinski definition) is 3. The maximum absolute atomic E-state index is 6.30. The molecule has 0 amide bonds. The summed E-state index contributed by atoms with van der Waals surface area (Å²) in [5, 5.41) is 1.13. The Labute approximate surface area is 140 Å². The molecular weight excluding hydrogens is 343 g/mol. The van der Waals surface area contributed by atoms with E-state index in [0.717, 1.165) is 11.0 Å². The maximum atomic E-state index is 6.30. The summed E-state index contributed by atoms with van der Waals surface area (Å²) >= 11 is 18.3. The molecule has 0 unspecified atom stereocenters. The summed E-state index contributed by atoms with van der Waals surface area (Å²) in [4.78, 5) is 13.2. The van der Waals surface area contributed by atoms with Crippen molar-refractivity contribution in [1.82, 2.24) is 19.5 Å². The fraction of sp³-hybridized carbons (Fsp3) is 0. The normalized spacial score (nSPS) is 11.4. The van der Waals surface area contributed by atoms with Crippen LogP contribution in [0.15, 0.2) is 42.7 Å². The summed E-state index contributed by atoms with van der Waals surface area (Å²) in [6.07, 6.45) is 3.60. The second kappa shape index (κ2) is 5.09. The Morgan fingerprint density at radius 1 is 0.864 bits per heavy atom. The molecule has 0 aliphatic carbocycles. The maximum Gasteiger partial charge on any atom is 0.175 e. The largest absolute Gasteiger partial charge is 0.297 e. The summed E-state index contributed by atoms with van der Waals surface area (Å²) in [5.74, 6) is 0.524. The third-order valence-electron chi connectivity index (χ3n) is 3.33. The van der Waals surface area contributed by atoms with Gasteiger partial charge in [-0.3, -0.25) is 9.55 Å². The Bertz CT molecular complexity index is 1030. The van der Waals surface area contributed by atoms with Crippen molar-refractivity contribution in [3.63, 3.8) is 0 Å². The van der Waals surface area contributed by atoms with Gasteiger partial charge in [0.1, 0.15) is 0 Å². The highest BCUT2D eigenvalue weighted by Crippen LogP contribution is 2.29. The molecule has 0 radical (unpaired) electrons. The van der Waals surface area contributed by atoms with Gasteiger partial charge >= 0.3 is 0 Å². The summed E-state index contributed by atoms with van der Waals surface area (Å²) in [6.45, 7) is 0. The molecule has 0 aliphatic heterocycles. The van der Waals surface area contributed by atoms with Crippen LogP contribution in [-0.2, 0) is 0 Å². The lowest BCUT2D eigenvalue weighted by atomic mass is 10.3. The van der Waals surface area contributed by atoms with Crippen LogP contribution in [0.25, 0.3) is 27.9 Å². The molecule has 4 aromatic rings. The number of fused-ring (bicyclic) bond motifs is 2. The van der Waals surface area contributed by atoms with Crippen molar-refractivity contribution >= 4 is 56.9 Å². The smallest absolute Gasteiger partial charge is 0.175 e. The average Bonchev–Trinajstić information content (AvgIpc) is 2.92. The third kappa shape index (κ3) is 2.11. The van der Waals surface area contributed by atoms with E-state index in [0.29, 0.717) is 26.9 Å². The number of nitrogens with zero attached hydrogens (tertiary/aromatic N) is 4. The van der Waals surface area contributed by atoms with Crippen molar-refractivity contribution in [3.05, 3.63) is 57.9 Å². The molecule has 108 valence electrons. The van der Waals surface area contributed by atoms with Crippen LogP contribution in [0.3, 0.4) is 0 Å². The predicted octanol–water partition coefficient (Wildman–Crippen LogP) is 4.93. The molecular formula is C15H7Cl3N4. The third-order valence-corrected chi connectivity index (χ3v) is 4.31. The quantitative estimate of drug-likeness (QED) is 0.489. The fourth-order valence-electron chi connectivity index (χ4n) is 2.33. The van der Waals surface area contributed by atoms with Crippen molar-refractivity contribution in [2.45, 2.75) is 0 Å². The van der Waals surface area contributed by atoms with Gasteiger partial charge in [-0.2, -0.15) is 0 Å². The molecule has 7 heteroatoms. The van der Waals surface area contributed by atoms with Crippen LogP contribution in [0.2, 0.25) is 15.2 Å². The van der Waals surface area contributed by atoms with E-state index < -0.39 is 0 Å². The Kier molecular flexibility index (Phi) is 3.18. The van der Waals surface area contributed by atoms with Crippen molar-refractivity contribution < 1.29 is 0 Å². The van der Waals surface area contributed by atoms with Gasteiger partial charge in [0.15, 0.2) is 11.0 Å². The summed E-state index contributed by atoms with van der Waals surface area (Å²) in [7, 11) is 0. The Balaban J connectivity index is 2.02. The highest BCUT2D eigenvalue weighted by molar-refractivity contribution is 6.42. The molecule has 0 spiro atoms. The molecule has 4 rings (SSSR count). The molecule has 0 bridgehead atoms. The van der Waals surface area contributed by atoms with Gasteiger partial charge in [0.25, 0.3) is 0 Å². The molecule has 0 saturated heterocycles. The molecule has 1 aromatic carbocycles. The molecule has 22 heavy (non-hydrogen) atoms. The zero-order valence-corrected chi connectivity index (χ0v) is 13.2. The minimum atomic E-state index is 0.284. The van der Waals surface area contributed by atoms with E-state index in [2.05, 4.69) is 15.0 Å². The summed E-state index contributed by atoms with van der Waals surface area (Å²) < 4.78 is 1.85. The second-order valence-corrected chi connectivity index (χ2v) is 5.86. The first-order valence-corrected chi connectivity index (χ1v) is 7.51. The molecule has 0 N–H and O–H groups in total. The first-order valence-electron chi connectivity index (χ1n) is 6.38. The minimum Gasteiger partial charge on any atom is -0.297 e. The van der Waals surface area contributed by atoms with Crippen LogP contribution in [0.5, 0.6) is 0 Å². The average molecular weight is 350 g/mol. The number of hydrogen-bond donors (Lipinski definition) is 0. The van der Waals surface area contributed by atoms with Crippen LogP contribution >= 0.6 is 34.8 Å². The van der Waals surface area contributed by atoms with Gasteiger partial charge in [-0.25, -0.2) is 9.97 Å². The molecule has 0 fully saturated rings. The van der Waals surface area contributed by atoms with Crippen LogP contribution in [-0.4, -0.2) is 19.5 Å². The lowest BCUT2D eigenvalue weighted by Crippen LogP contribution is -2.00. The van der Waals surface area contributed by atoms with Gasteiger partial charge in [0.2, 0.25) is 0 Å². The van der Waals surface area contributed by atoms with Gasteiger partial charge in [-0.1, -0.05) is 34.8 Å². The first-order chi connectivity index (χ1) is 10.6. The van der Waals surface area contributed by atoms with Crippen LogP contribution in [0.4, 0.5) is 0 Å². The van der Waals surface area contributed by atoms with Gasteiger partial charge in [-0.15, -0.1) is 0 Å². The fourth-order valence-corrected chi connectivity index (χ4v) is 2.87. The van der Waals surface area contributed by atoms with E-state index in [9.17, 15) is 0 Å². The van der Waals surface area contributed by atoms with Gasteiger partial charge in [0, 0.05) is 12.4 Å². The van der Waals surface area contributed by atoms with E-state index in [-0.39, 0.29) is 5.15 Å². The van der Waals surface area contributed by atoms with Crippen molar-refractivity contribution in [3.8, 4) is 5.82 Å². The highest BCUT2D eigenvalue weighted by Gasteiger charge is 2.13. The van der Waals surface area contributed by atoms with Crippen LogP contribution in [0.1, 0.15) is 0 Å². The van der Waals surface area contributed by atoms with E-state index >= 15 is 0 Å². The molecule has 3 heterocycles. The van der Waals surface area contributed by atoms with Crippen molar-refractivity contribution in [2.24, 2.45) is 0 Å². The topological polar surface area (TPSA) is 43.6 Å². The molecule has 0 atom stereocenters. The Hall–Kier alpha value is -1.88. The molecule has 0 aliphatic rings. The molecule has 3 aromatic heterocycles. The summed E-state index contributed by atoms with van der Waals surface area (Å²) in [5.41, 5.74) is 2.98.